The minimum Gasteiger partial charge on any atom is -0.355 e. The summed E-state index contributed by atoms with van der Waals surface area (Å²) in [7, 11) is 0. The summed E-state index contributed by atoms with van der Waals surface area (Å²) in [6.07, 6.45) is 3.04. The van der Waals surface area contributed by atoms with E-state index in [0.29, 0.717) is 41.4 Å². The van der Waals surface area contributed by atoms with E-state index in [1.54, 1.807) is 22.3 Å². The average molecular weight is 768 g/mol. The second-order valence-electron chi connectivity index (χ2n) is 16.0. The van der Waals surface area contributed by atoms with Crippen LogP contribution in [0, 0.1) is 30.6 Å². The first-order valence-corrected chi connectivity index (χ1v) is 18.9. The Morgan fingerprint density at radius 3 is 2.52 bits per heavy atom. The summed E-state index contributed by atoms with van der Waals surface area (Å²) in [5.41, 5.74) is 2.99. The zero-order valence-corrected chi connectivity index (χ0v) is 31.3. The first-order chi connectivity index (χ1) is 26.6. The maximum atomic E-state index is 14.7. The molecule has 2 saturated carbocycles. The normalized spacial score (nSPS) is 26.2. The van der Waals surface area contributed by atoms with Crippen molar-refractivity contribution >= 4 is 45.9 Å². The molecule has 2 N–H and O–H groups in total. The molecule has 1 unspecified atom stereocenters. The number of piperidine rings is 1. The van der Waals surface area contributed by atoms with Crippen LogP contribution in [-0.4, -0.2) is 76.4 Å². The summed E-state index contributed by atoms with van der Waals surface area (Å²) in [6.45, 7) is 6.84. The Hall–Kier alpha value is -5.67. The third-order valence-electron chi connectivity index (χ3n) is 12.7. The molecule has 290 valence electrons. The Balaban J connectivity index is 1.12. The van der Waals surface area contributed by atoms with Crippen molar-refractivity contribution in [3.05, 3.63) is 70.9 Å². The molecule has 4 aromatic heterocycles. The number of nitrogens with zero attached hydrogens (tertiary/aromatic N) is 7. The zero-order chi connectivity index (χ0) is 39.5. The molecule has 1 aromatic carbocycles. The number of halogens is 3. The highest BCUT2D eigenvalue weighted by molar-refractivity contribution is 6.07. The van der Waals surface area contributed by atoms with Crippen molar-refractivity contribution < 1.29 is 32.3 Å². The van der Waals surface area contributed by atoms with Gasteiger partial charge >= 0.3 is 6.18 Å². The predicted octanol–water partition coefficient (Wildman–Crippen LogP) is 5.46. The smallest absolute Gasteiger partial charge is 0.355 e. The molecule has 0 radical (unpaired) electrons. The maximum absolute atomic E-state index is 14.7. The first kappa shape index (κ1) is 36.0. The molecule has 16 heteroatoms. The van der Waals surface area contributed by atoms with Gasteiger partial charge in [-0.25, -0.2) is 14.5 Å². The summed E-state index contributed by atoms with van der Waals surface area (Å²) in [5, 5.41) is 15.5. The van der Waals surface area contributed by atoms with E-state index in [2.05, 4.69) is 25.7 Å². The number of alkyl halides is 3. The zero-order valence-electron chi connectivity index (χ0n) is 31.3. The number of carbonyl (C=O) groups excluding carboxylic acids is 4. The molecule has 2 saturated heterocycles. The van der Waals surface area contributed by atoms with Gasteiger partial charge in [0.2, 0.25) is 17.7 Å². The average Bonchev–Trinajstić information content (AvgIpc) is 3.50. The number of aromatic nitrogens is 6. The molecule has 5 aromatic rings. The molecular formula is C40H40F3N9O4. The highest BCUT2D eigenvalue weighted by Gasteiger charge is 3.03. The molecule has 3 aliphatic heterocycles. The molecule has 4 bridgehead atoms. The number of benzene rings is 1. The van der Waals surface area contributed by atoms with Crippen LogP contribution in [0.1, 0.15) is 79.0 Å². The van der Waals surface area contributed by atoms with Crippen LogP contribution in [0.2, 0.25) is 0 Å². The van der Waals surface area contributed by atoms with Crippen molar-refractivity contribution in [1.29, 1.82) is 0 Å². The van der Waals surface area contributed by atoms with Gasteiger partial charge in [-0.1, -0.05) is 25.8 Å². The Morgan fingerprint density at radius 2 is 1.77 bits per heavy atom. The van der Waals surface area contributed by atoms with E-state index in [4.69, 9.17) is 5.10 Å². The predicted molar refractivity (Wildman–Crippen MR) is 197 cm³/mol. The molecule has 7 heterocycles. The number of pyridine rings is 1. The number of amides is 3. The standard InChI is InChI=1S/C40H40F3N9O4/c1-20-11-12-27(40(41,42)43)46-35(20)47-36(56)33-34-38(4)37-39(34,38)19-45-29(54)10-8-6-5-7-9-23-14-24(25-16-44-28-13-21(2)48-50(28)17-25)15-26-31(22(3)53)49-51(32(23)26)18-30(55)52(33)37/h11-17,33-34,37H,5-10,18-19H2,1-4H3,(H,45,54)(H,46,47,56)/t33-,34?,37+,38-,39+/m0/s1. The minimum atomic E-state index is -4.72. The number of ketones is 1. The Morgan fingerprint density at radius 1 is 1.00 bits per heavy atom. The highest BCUT2D eigenvalue weighted by atomic mass is 19.4. The second kappa shape index (κ2) is 12.4. The lowest BCUT2D eigenvalue weighted by Gasteiger charge is -2.24. The Labute approximate surface area is 319 Å². The van der Waals surface area contributed by atoms with Gasteiger partial charge in [0.15, 0.2) is 11.4 Å². The fourth-order valence-electron chi connectivity index (χ4n) is 9.97. The van der Waals surface area contributed by atoms with E-state index in [-0.39, 0.29) is 48.3 Å². The van der Waals surface area contributed by atoms with Crippen LogP contribution in [-0.2, 0) is 33.5 Å². The first-order valence-electron chi connectivity index (χ1n) is 18.9. The number of fused-ring (bicyclic) bond motifs is 1. The molecule has 10 rings (SSSR count). The lowest BCUT2D eigenvalue weighted by atomic mass is 9.96. The summed E-state index contributed by atoms with van der Waals surface area (Å²) >= 11 is 0. The van der Waals surface area contributed by atoms with Gasteiger partial charge in [0, 0.05) is 72.1 Å². The lowest BCUT2D eigenvalue weighted by Crippen LogP contribution is -2.45. The molecule has 3 amide bonds. The molecule has 1 spiro atoms. The van der Waals surface area contributed by atoms with Crippen LogP contribution < -0.4 is 10.6 Å². The quantitative estimate of drug-likeness (QED) is 0.229. The van der Waals surface area contributed by atoms with E-state index in [9.17, 15) is 32.3 Å². The van der Waals surface area contributed by atoms with Gasteiger partial charge in [0.05, 0.1) is 11.2 Å². The van der Waals surface area contributed by atoms with Gasteiger partial charge in [0.25, 0.3) is 0 Å². The fraction of sp³-hybridized carbons (Fsp3) is 0.450. The van der Waals surface area contributed by atoms with Crippen molar-refractivity contribution in [1.82, 2.24) is 39.6 Å². The molecule has 5 atom stereocenters. The second-order valence-corrected chi connectivity index (χ2v) is 16.0. The summed E-state index contributed by atoms with van der Waals surface area (Å²) in [4.78, 5) is 64.9. The molecule has 56 heavy (non-hydrogen) atoms. The monoisotopic (exact) mass is 767 g/mol. The third-order valence-corrected chi connectivity index (χ3v) is 12.7. The van der Waals surface area contributed by atoms with Gasteiger partial charge in [0.1, 0.15) is 29.8 Å². The molecule has 13 nitrogen and oxygen atoms in total. The number of carbonyl (C=O) groups is 4. The fourth-order valence-corrected chi connectivity index (χ4v) is 9.97. The largest absolute Gasteiger partial charge is 0.433 e. The topological polar surface area (TPSA) is 156 Å². The Bertz CT molecular complexity index is 2530. The lowest BCUT2D eigenvalue weighted by molar-refractivity contribution is -0.141. The van der Waals surface area contributed by atoms with Crippen LogP contribution in [0.3, 0.4) is 0 Å². The maximum Gasteiger partial charge on any atom is 0.433 e. The van der Waals surface area contributed by atoms with Crippen LogP contribution in [0.15, 0.2) is 42.7 Å². The highest BCUT2D eigenvalue weighted by Crippen LogP contribution is 2.96. The van der Waals surface area contributed by atoms with Gasteiger partial charge < -0.3 is 15.5 Å². The van der Waals surface area contributed by atoms with Crippen molar-refractivity contribution in [2.75, 3.05) is 11.9 Å². The van der Waals surface area contributed by atoms with Crippen molar-refractivity contribution in [3.8, 4) is 11.1 Å². The van der Waals surface area contributed by atoms with Crippen LogP contribution in [0.4, 0.5) is 19.0 Å². The van der Waals surface area contributed by atoms with Crippen LogP contribution >= 0.6 is 0 Å². The summed E-state index contributed by atoms with van der Waals surface area (Å²) in [6, 6.07) is 6.47. The van der Waals surface area contributed by atoms with Crippen molar-refractivity contribution in [2.45, 2.75) is 91.0 Å². The Kier molecular flexibility index (Phi) is 7.98. The molecule has 2 aliphatic carbocycles. The number of anilines is 1. The van der Waals surface area contributed by atoms with E-state index in [1.807, 2.05) is 38.2 Å². The van der Waals surface area contributed by atoms with E-state index < -0.39 is 40.6 Å². The van der Waals surface area contributed by atoms with E-state index in [1.165, 1.54) is 17.9 Å². The van der Waals surface area contributed by atoms with Crippen LogP contribution in [0.5, 0.6) is 0 Å². The van der Waals surface area contributed by atoms with Gasteiger partial charge in [-0.2, -0.15) is 23.4 Å². The van der Waals surface area contributed by atoms with Crippen molar-refractivity contribution in [2.24, 2.45) is 16.7 Å². The van der Waals surface area contributed by atoms with E-state index >= 15 is 0 Å². The number of hydrogen-bond acceptors (Lipinski definition) is 8. The molecular weight excluding hydrogens is 727 g/mol. The minimum absolute atomic E-state index is 0.101. The van der Waals surface area contributed by atoms with Gasteiger partial charge in [-0.15, -0.1) is 0 Å². The van der Waals surface area contributed by atoms with E-state index in [0.717, 1.165) is 47.7 Å². The molecule has 4 fully saturated rings. The van der Waals surface area contributed by atoms with Gasteiger partial charge in [-0.3, -0.25) is 23.9 Å². The number of hydrogen-bond donors (Lipinski definition) is 2. The van der Waals surface area contributed by atoms with Gasteiger partial charge in [-0.05, 0) is 68.0 Å². The summed E-state index contributed by atoms with van der Waals surface area (Å²) in [5.74, 6) is -2.02. The number of nitrogens with one attached hydrogen (secondary N) is 2. The SMILES string of the molecule is CC(=O)c1nn2c3c(cc(-c4cnc5cc(C)nn5c4)cc13)CCCCCCC(=O)NC[C@@]13C4[C@@H](C(=O)Nc5nc(C(F)(F)F)ccc5C)N(C(=O)C2)[C@@H]1[C@]43C. The third kappa shape index (κ3) is 5.34. The summed E-state index contributed by atoms with van der Waals surface area (Å²) < 4.78 is 44.1. The number of Topliss-reactive ketones (excluding diaryl/α,β-unsaturated/α-hetero) is 1. The number of aryl methyl sites for hydroxylation is 3. The van der Waals surface area contributed by atoms with Crippen molar-refractivity contribution in [3.63, 3.8) is 0 Å². The van der Waals surface area contributed by atoms with Crippen LogP contribution in [0.25, 0.3) is 27.7 Å². The number of rotatable bonds is 4. The molecule has 5 aliphatic rings.